The second-order valence-corrected chi connectivity index (χ2v) is 13.0. The molecule has 50 heavy (non-hydrogen) atoms. The number of allylic oxidation sites excluding steroid dienone is 2. The maximum atomic E-state index is 10.5. The molecular formula is C42H44Cl2N2O4. The lowest BCUT2D eigenvalue weighted by Crippen LogP contribution is -2.14. The van der Waals surface area contributed by atoms with Crippen LogP contribution in [0.4, 0.5) is 0 Å². The number of benzene rings is 4. The number of aliphatic imine (C=N–C) groups is 2. The Morgan fingerprint density at radius 2 is 1.20 bits per heavy atom. The predicted molar refractivity (Wildman–Crippen MR) is 208 cm³/mol. The molecule has 6 rings (SSSR count). The van der Waals surface area contributed by atoms with Crippen LogP contribution in [0, 0.1) is 0 Å². The Bertz CT molecular complexity index is 1950. The van der Waals surface area contributed by atoms with Crippen LogP contribution in [0.3, 0.4) is 0 Å². The third kappa shape index (κ3) is 8.43. The van der Waals surface area contributed by atoms with Gasteiger partial charge in [0.2, 0.25) is 0 Å². The third-order valence-electron chi connectivity index (χ3n) is 8.86. The molecule has 0 amide bonds. The molecule has 2 heterocycles. The van der Waals surface area contributed by atoms with Gasteiger partial charge in [-0.1, -0.05) is 98.4 Å². The van der Waals surface area contributed by atoms with Crippen LogP contribution in [-0.4, -0.2) is 48.9 Å². The molecule has 0 fully saturated rings. The first-order chi connectivity index (χ1) is 24.3. The Balaban J connectivity index is 0.000000195. The molecule has 0 spiro atoms. The first kappa shape index (κ1) is 36.8. The van der Waals surface area contributed by atoms with Crippen molar-refractivity contribution in [2.45, 2.75) is 52.4 Å². The molecule has 0 aliphatic carbocycles. The number of hydrogen-bond acceptors (Lipinski definition) is 6. The zero-order chi connectivity index (χ0) is 35.6. The number of ether oxygens (including phenoxy) is 2. The number of aromatic hydroxyl groups is 2. The van der Waals surface area contributed by atoms with Gasteiger partial charge >= 0.3 is 0 Å². The summed E-state index contributed by atoms with van der Waals surface area (Å²) in [7, 11) is 3.16. The van der Waals surface area contributed by atoms with E-state index >= 15 is 0 Å². The quantitative estimate of drug-likeness (QED) is 0.172. The number of rotatable bonds is 10. The van der Waals surface area contributed by atoms with E-state index in [0.717, 1.165) is 95.4 Å². The van der Waals surface area contributed by atoms with Crippen LogP contribution in [0.2, 0.25) is 10.0 Å². The monoisotopic (exact) mass is 710 g/mol. The molecule has 2 N–H and O–H groups in total. The summed E-state index contributed by atoms with van der Waals surface area (Å²) in [5.41, 5.74) is 10.3. The topological polar surface area (TPSA) is 83.6 Å². The number of phenols is 2. The van der Waals surface area contributed by atoms with Crippen LogP contribution in [0.5, 0.6) is 23.0 Å². The molecule has 2 aliphatic rings. The van der Waals surface area contributed by atoms with Crippen LogP contribution in [0.15, 0.2) is 82.8 Å². The molecule has 0 bridgehead atoms. The Labute approximate surface area is 305 Å². The molecular weight excluding hydrogens is 667 g/mol. The first-order valence-corrected chi connectivity index (χ1v) is 17.8. The summed E-state index contributed by atoms with van der Waals surface area (Å²) in [4.78, 5) is 9.35. The summed E-state index contributed by atoms with van der Waals surface area (Å²) in [6.45, 7) is 5.68. The van der Waals surface area contributed by atoms with E-state index in [4.69, 9.17) is 32.7 Å². The summed E-state index contributed by atoms with van der Waals surface area (Å²) in [6.07, 6.45) is 13.3. The highest BCUT2D eigenvalue weighted by molar-refractivity contribution is 6.35. The highest BCUT2D eigenvalue weighted by atomic mass is 35.5. The summed E-state index contributed by atoms with van der Waals surface area (Å²) in [5, 5.41) is 22.2. The molecule has 2 aliphatic heterocycles. The fourth-order valence-electron chi connectivity index (χ4n) is 6.44. The summed E-state index contributed by atoms with van der Waals surface area (Å²) in [5.74, 6) is 1.55. The van der Waals surface area contributed by atoms with Crippen molar-refractivity contribution in [2.75, 3.05) is 27.3 Å². The molecule has 260 valence electrons. The highest BCUT2D eigenvalue weighted by Crippen LogP contribution is 2.39. The molecule has 0 unspecified atom stereocenters. The lowest BCUT2D eigenvalue weighted by atomic mass is 9.89. The van der Waals surface area contributed by atoms with Gasteiger partial charge in [-0.2, -0.15) is 0 Å². The smallest absolute Gasteiger partial charge is 0.161 e. The third-order valence-corrected chi connectivity index (χ3v) is 9.43. The maximum Gasteiger partial charge on any atom is 0.161 e. The van der Waals surface area contributed by atoms with E-state index in [9.17, 15) is 10.2 Å². The standard InChI is InChI=1S/C21H21Cl2NO2.C21H23NO2/c1-3-4-16-15-9-10-24-19(17(15)12-20(26-2)21(16)25)8-6-13-5-7-14(22)11-18(13)23;1-3-7-17-16-12-13-22-19(11-10-15-8-5-4-6-9-15)18(16)14-20(24-2)21(17)23/h5-8,11-12,25H,3-4,9-10H2,1-2H3;4-6,8-11,14,23H,3,7,12-13H2,1-2H3. The van der Waals surface area contributed by atoms with Gasteiger partial charge in [-0.15, -0.1) is 0 Å². The average Bonchev–Trinajstić information content (AvgIpc) is 3.13. The highest BCUT2D eigenvalue weighted by Gasteiger charge is 2.23. The van der Waals surface area contributed by atoms with Gasteiger partial charge in [0.15, 0.2) is 23.0 Å². The zero-order valence-electron chi connectivity index (χ0n) is 29.1. The molecule has 4 aromatic rings. The van der Waals surface area contributed by atoms with Gasteiger partial charge in [0.1, 0.15) is 0 Å². The SMILES string of the molecule is CCCc1c(O)c(OC)cc2c1CCN=C2C=Cc1ccc(Cl)cc1Cl.CCCc1c(O)c(OC)cc2c1CCN=C2C=Cc1ccccc1. The summed E-state index contributed by atoms with van der Waals surface area (Å²) < 4.78 is 10.8. The zero-order valence-corrected chi connectivity index (χ0v) is 30.6. The van der Waals surface area contributed by atoms with E-state index in [1.807, 2.05) is 54.6 Å². The van der Waals surface area contributed by atoms with Gasteiger partial charge in [-0.05, 0) is 84.4 Å². The van der Waals surface area contributed by atoms with Crippen molar-refractivity contribution >= 4 is 46.8 Å². The minimum Gasteiger partial charge on any atom is -0.504 e. The average molecular weight is 712 g/mol. The lowest BCUT2D eigenvalue weighted by molar-refractivity contribution is 0.369. The van der Waals surface area contributed by atoms with Crippen LogP contribution < -0.4 is 9.47 Å². The van der Waals surface area contributed by atoms with Crippen LogP contribution in [0.25, 0.3) is 12.2 Å². The van der Waals surface area contributed by atoms with E-state index < -0.39 is 0 Å². The molecule has 4 aromatic carbocycles. The van der Waals surface area contributed by atoms with Crippen LogP contribution in [0.1, 0.15) is 71.2 Å². The number of fused-ring (bicyclic) bond motifs is 2. The normalized spacial score (nSPS) is 13.6. The van der Waals surface area contributed by atoms with Gasteiger partial charge in [-0.3, -0.25) is 9.98 Å². The first-order valence-electron chi connectivity index (χ1n) is 17.1. The Kier molecular flexibility index (Phi) is 12.8. The van der Waals surface area contributed by atoms with Crippen LogP contribution >= 0.6 is 23.2 Å². The van der Waals surface area contributed by atoms with E-state index in [1.54, 1.807) is 20.3 Å². The van der Waals surface area contributed by atoms with Crippen molar-refractivity contribution in [3.63, 3.8) is 0 Å². The fraction of sp³-hybridized carbons (Fsp3) is 0.286. The summed E-state index contributed by atoms with van der Waals surface area (Å²) in [6, 6.07) is 19.4. The minimum absolute atomic E-state index is 0.249. The molecule has 0 saturated heterocycles. The molecule has 0 radical (unpaired) electrons. The Morgan fingerprint density at radius 3 is 1.68 bits per heavy atom. The number of nitrogens with zero attached hydrogens (tertiary/aromatic N) is 2. The Morgan fingerprint density at radius 1 is 0.680 bits per heavy atom. The van der Waals surface area contributed by atoms with Crippen molar-refractivity contribution in [1.82, 2.24) is 0 Å². The molecule has 6 nitrogen and oxygen atoms in total. The van der Waals surface area contributed by atoms with E-state index in [1.165, 1.54) is 5.56 Å². The number of phenolic OH excluding ortho intramolecular Hbond substituents is 2. The van der Waals surface area contributed by atoms with Crippen molar-refractivity contribution in [3.05, 3.63) is 127 Å². The van der Waals surface area contributed by atoms with Gasteiger partial charge in [0.25, 0.3) is 0 Å². The molecule has 8 heteroatoms. The van der Waals surface area contributed by atoms with Gasteiger partial charge in [0, 0.05) is 45.4 Å². The minimum atomic E-state index is 0.249. The maximum absolute atomic E-state index is 10.5. The van der Waals surface area contributed by atoms with E-state index in [2.05, 4.69) is 48.1 Å². The second-order valence-electron chi connectivity index (χ2n) is 12.1. The van der Waals surface area contributed by atoms with E-state index in [-0.39, 0.29) is 11.5 Å². The molecule has 0 aromatic heterocycles. The predicted octanol–water partition coefficient (Wildman–Crippen LogP) is 10.1. The van der Waals surface area contributed by atoms with Crippen molar-refractivity contribution in [2.24, 2.45) is 9.98 Å². The number of halogens is 2. The second kappa shape index (κ2) is 17.4. The van der Waals surface area contributed by atoms with Gasteiger partial charge < -0.3 is 19.7 Å². The summed E-state index contributed by atoms with van der Waals surface area (Å²) >= 11 is 12.2. The van der Waals surface area contributed by atoms with Crippen molar-refractivity contribution in [3.8, 4) is 23.0 Å². The van der Waals surface area contributed by atoms with Gasteiger partial charge in [0.05, 0.1) is 25.6 Å². The van der Waals surface area contributed by atoms with Crippen LogP contribution in [-0.2, 0) is 25.7 Å². The fourth-order valence-corrected chi connectivity index (χ4v) is 6.91. The van der Waals surface area contributed by atoms with Crippen molar-refractivity contribution in [1.29, 1.82) is 0 Å². The Hall–Kier alpha value is -4.52. The number of methoxy groups -OCH3 is 2. The lowest BCUT2D eigenvalue weighted by Gasteiger charge is -2.21. The molecule has 0 saturated carbocycles. The van der Waals surface area contributed by atoms with Gasteiger partial charge in [-0.25, -0.2) is 0 Å². The largest absolute Gasteiger partial charge is 0.504 e. The number of hydrogen-bond donors (Lipinski definition) is 2. The van der Waals surface area contributed by atoms with E-state index in [0.29, 0.717) is 28.1 Å². The molecule has 0 atom stereocenters. The van der Waals surface area contributed by atoms with Crippen molar-refractivity contribution < 1.29 is 19.7 Å².